The van der Waals surface area contributed by atoms with Gasteiger partial charge in [-0.2, -0.15) is 5.10 Å². The lowest BCUT2D eigenvalue weighted by atomic mass is 10.2. The van der Waals surface area contributed by atoms with Crippen LogP contribution in [0, 0.1) is 13.8 Å². The molecule has 3 aromatic carbocycles. The van der Waals surface area contributed by atoms with Gasteiger partial charge < -0.3 is 9.30 Å². The molecule has 1 amide bonds. The van der Waals surface area contributed by atoms with E-state index in [2.05, 4.69) is 10.5 Å². The summed E-state index contributed by atoms with van der Waals surface area (Å²) in [5.74, 6) is -0.305. The zero-order chi connectivity index (χ0) is 28.9. The molecular formula is C29H28Cl2N4O4S. The summed E-state index contributed by atoms with van der Waals surface area (Å²) >= 11 is 12.0. The number of benzene rings is 3. The van der Waals surface area contributed by atoms with Crippen molar-refractivity contribution in [3.05, 3.63) is 106 Å². The van der Waals surface area contributed by atoms with E-state index in [0.717, 1.165) is 26.9 Å². The molecule has 208 valence electrons. The van der Waals surface area contributed by atoms with Crippen LogP contribution < -0.4 is 14.5 Å². The first kappa shape index (κ1) is 29.2. The number of aromatic nitrogens is 1. The Bertz CT molecular complexity index is 1630. The average molecular weight is 600 g/mol. The third-order valence-corrected chi connectivity index (χ3v) is 8.35. The Morgan fingerprint density at radius 1 is 1.00 bits per heavy atom. The summed E-state index contributed by atoms with van der Waals surface area (Å²) in [7, 11) is -4.16. The number of hydrazone groups is 1. The number of rotatable bonds is 10. The highest BCUT2D eigenvalue weighted by atomic mass is 35.5. The maximum absolute atomic E-state index is 13.7. The first-order valence-electron chi connectivity index (χ1n) is 12.4. The van der Waals surface area contributed by atoms with Crippen LogP contribution in [0.1, 0.15) is 23.9 Å². The Morgan fingerprint density at radius 2 is 1.62 bits per heavy atom. The fourth-order valence-electron chi connectivity index (χ4n) is 4.22. The molecule has 4 aromatic rings. The van der Waals surface area contributed by atoms with Gasteiger partial charge in [-0.1, -0.05) is 35.3 Å². The van der Waals surface area contributed by atoms with Gasteiger partial charge in [-0.25, -0.2) is 13.8 Å². The number of carbonyl (C=O) groups is 1. The molecule has 1 N–H and O–H groups in total. The van der Waals surface area contributed by atoms with E-state index in [0.29, 0.717) is 22.4 Å². The van der Waals surface area contributed by atoms with Crippen molar-refractivity contribution in [2.75, 3.05) is 17.5 Å². The molecule has 1 heterocycles. The molecule has 8 nitrogen and oxygen atoms in total. The predicted octanol–water partition coefficient (Wildman–Crippen LogP) is 6.15. The van der Waals surface area contributed by atoms with Gasteiger partial charge in [-0.3, -0.25) is 9.10 Å². The number of halogens is 2. The van der Waals surface area contributed by atoms with Crippen molar-refractivity contribution in [1.82, 2.24) is 9.99 Å². The van der Waals surface area contributed by atoms with E-state index in [1.54, 1.807) is 31.2 Å². The molecule has 11 heteroatoms. The van der Waals surface area contributed by atoms with Gasteiger partial charge in [0.15, 0.2) is 0 Å². The van der Waals surface area contributed by atoms with Gasteiger partial charge in [0.25, 0.3) is 15.9 Å². The summed E-state index contributed by atoms with van der Waals surface area (Å²) < 4.78 is 36.0. The van der Waals surface area contributed by atoms with E-state index in [4.69, 9.17) is 27.9 Å². The SMILES string of the molecule is CCOc1ccccc1N(CC(=O)N/N=C\c1cc(C)n(-c2ccc(Cl)cc2)c1C)S(=O)(=O)c1ccc(Cl)cc1. The quantitative estimate of drug-likeness (QED) is 0.175. The van der Waals surface area contributed by atoms with Crippen LogP contribution in [0.4, 0.5) is 5.69 Å². The molecule has 0 saturated carbocycles. The number of sulfonamides is 1. The number of hydrogen-bond donors (Lipinski definition) is 1. The Kier molecular flexibility index (Phi) is 9.19. The lowest BCUT2D eigenvalue weighted by Crippen LogP contribution is -2.39. The van der Waals surface area contributed by atoms with Gasteiger partial charge in [0, 0.05) is 32.7 Å². The van der Waals surface area contributed by atoms with Crippen molar-refractivity contribution in [1.29, 1.82) is 0 Å². The molecule has 40 heavy (non-hydrogen) atoms. The maximum Gasteiger partial charge on any atom is 0.264 e. The number of para-hydroxylation sites is 2. The van der Waals surface area contributed by atoms with E-state index < -0.39 is 22.5 Å². The minimum Gasteiger partial charge on any atom is -0.492 e. The molecule has 0 atom stereocenters. The molecule has 0 aliphatic carbocycles. The van der Waals surface area contributed by atoms with Crippen molar-refractivity contribution in [3.63, 3.8) is 0 Å². The van der Waals surface area contributed by atoms with Crippen LogP contribution in [-0.4, -0.2) is 38.3 Å². The number of anilines is 1. The summed E-state index contributed by atoms with van der Waals surface area (Å²) in [4.78, 5) is 13.0. The summed E-state index contributed by atoms with van der Waals surface area (Å²) in [5, 5.41) is 5.14. The van der Waals surface area contributed by atoms with Crippen molar-refractivity contribution in [2.24, 2.45) is 5.10 Å². The van der Waals surface area contributed by atoms with Crippen LogP contribution in [0.15, 0.2) is 88.9 Å². The van der Waals surface area contributed by atoms with Gasteiger partial charge in [0.1, 0.15) is 12.3 Å². The number of ether oxygens (including phenoxy) is 1. The van der Waals surface area contributed by atoms with E-state index in [1.165, 1.54) is 30.5 Å². The maximum atomic E-state index is 13.7. The van der Waals surface area contributed by atoms with Gasteiger partial charge >= 0.3 is 0 Å². The highest BCUT2D eigenvalue weighted by Crippen LogP contribution is 2.32. The van der Waals surface area contributed by atoms with E-state index in [9.17, 15) is 13.2 Å². The molecule has 0 spiro atoms. The standard InChI is InChI=1S/C29H28Cl2N4O4S/c1-4-39-28-8-6-5-7-27(28)34(40(37,38)26-15-11-24(31)12-16-26)19-29(36)33-32-18-22-17-20(2)35(21(22)3)25-13-9-23(30)10-14-25/h5-18H,4,19H2,1-3H3,(H,33,36)/b32-18-. The molecule has 0 aliphatic heterocycles. The van der Waals surface area contributed by atoms with Gasteiger partial charge in [0.2, 0.25) is 0 Å². The second-order valence-electron chi connectivity index (χ2n) is 8.80. The molecule has 0 saturated heterocycles. The lowest BCUT2D eigenvalue weighted by molar-refractivity contribution is -0.119. The first-order valence-corrected chi connectivity index (χ1v) is 14.6. The molecule has 4 rings (SSSR count). The molecule has 0 bridgehead atoms. The Morgan fingerprint density at radius 3 is 2.27 bits per heavy atom. The fraction of sp³-hybridized carbons (Fsp3) is 0.172. The summed E-state index contributed by atoms with van der Waals surface area (Å²) in [6.07, 6.45) is 1.53. The molecule has 0 fully saturated rings. The van der Waals surface area contributed by atoms with Crippen LogP contribution in [0.2, 0.25) is 10.0 Å². The zero-order valence-corrected chi connectivity index (χ0v) is 24.5. The second kappa shape index (κ2) is 12.6. The monoisotopic (exact) mass is 598 g/mol. The Labute approximate surface area is 243 Å². The first-order chi connectivity index (χ1) is 19.1. The van der Waals surface area contributed by atoms with Crippen molar-refractivity contribution >= 4 is 51.0 Å². The van der Waals surface area contributed by atoms with E-state index in [1.807, 2.05) is 48.7 Å². The van der Waals surface area contributed by atoms with Crippen LogP contribution in [0.25, 0.3) is 5.69 Å². The van der Waals surface area contributed by atoms with Crippen molar-refractivity contribution in [2.45, 2.75) is 25.7 Å². The number of nitrogens with zero attached hydrogens (tertiary/aromatic N) is 3. The fourth-order valence-corrected chi connectivity index (χ4v) is 5.90. The molecule has 0 aliphatic rings. The zero-order valence-electron chi connectivity index (χ0n) is 22.1. The third-order valence-electron chi connectivity index (χ3n) is 6.07. The van der Waals surface area contributed by atoms with E-state index >= 15 is 0 Å². The van der Waals surface area contributed by atoms with Gasteiger partial charge in [0.05, 0.1) is 23.4 Å². The Hall–Kier alpha value is -3.79. The summed E-state index contributed by atoms with van der Waals surface area (Å²) in [6, 6.07) is 21.8. The van der Waals surface area contributed by atoms with Gasteiger partial charge in [-0.05, 0) is 87.5 Å². The third kappa shape index (κ3) is 6.50. The summed E-state index contributed by atoms with van der Waals surface area (Å²) in [6.45, 7) is 5.48. The van der Waals surface area contributed by atoms with Gasteiger partial charge in [-0.15, -0.1) is 0 Å². The number of aryl methyl sites for hydroxylation is 1. The summed E-state index contributed by atoms with van der Waals surface area (Å²) in [5.41, 5.74) is 6.30. The highest BCUT2D eigenvalue weighted by molar-refractivity contribution is 7.92. The van der Waals surface area contributed by atoms with Crippen LogP contribution in [0.5, 0.6) is 5.75 Å². The Balaban J connectivity index is 1.58. The molecule has 1 aromatic heterocycles. The topological polar surface area (TPSA) is 93.0 Å². The average Bonchev–Trinajstić information content (AvgIpc) is 3.21. The number of amides is 1. The normalized spacial score (nSPS) is 11.5. The predicted molar refractivity (Wildman–Crippen MR) is 160 cm³/mol. The van der Waals surface area contributed by atoms with Crippen LogP contribution in [0.3, 0.4) is 0 Å². The van der Waals surface area contributed by atoms with Crippen molar-refractivity contribution < 1.29 is 17.9 Å². The number of nitrogens with one attached hydrogen (secondary N) is 1. The number of carbonyl (C=O) groups excluding carboxylic acids is 1. The minimum absolute atomic E-state index is 0.0193. The minimum atomic E-state index is -4.16. The lowest BCUT2D eigenvalue weighted by Gasteiger charge is -2.25. The smallest absolute Gasteiger partial charge is 0.264 e. The van der Waals surface area contributed by atoms with Crippen LogP contribution >= 0.6 is 23.2 Å². The van der Waals surface area contributed by atoms with E-state index in [-0.39, 0.29) is 10.6 Å². The molecular weight excluding hydrogens is 571 g/mol. The highest BCUT2D eigenvalue weighted by Gasteiger charge is 2.29. The van der Waals surface area contributed by atoms with Crippen molar-refractivity contribution in [3.8, 4) is 11.4 Å². The second-order valence-corrected chi connectivity index (χ2v) is 11.5. The molecule has 0 unspecified atom stereocenters. The molecule has 0 radical (unpaired) electrons. The largest absolute Gasteiger partial charge is 0.492 e. The number of hydrogen-bond acceptors (Lipinski definition) is 5. The van der Waals surface area contributed by atoms with Crippen LogP contribution in [-0.2, 0) is 14.8 Å².